The van der Waals surface area contributed by atoms with Crippen LogP contribution in [-0.2, 0) is 4.79 Å². The second-order valence-electron chi connectivity index (χ2n) is 3.66. The molecule has 0 radical (unpaired) electrons. The van der Waals surface area contributed by atoms with Crippen molar-refractivity contribution < 1.29 is 19.4 Å². The van der Waals surface area contributed by atoms with Gasteiger partial charge in [-0.1, -0.05) is 0 Å². The molecule has 17 heavy (non-hydrogen) atoms. The summed E-state index contributed by atoms with van der Waals surface area (Å²) in [5, 5.41) is 8.99. The second-order valence-corrected chi connectivity index (χ2v) is 3.66. The fraction of sp³-hybridized carbons (Fsp3) is 0.417. The molecule has 1 N–H and O–H groups in total. The number of aliphatic carboxylic acids is 1. The average Bonchev–Trinajstić information content (AvgIpc) is 2.35. The molecule has 0 fully saturated rings. The monoisotopic (exact) mass is 239 g/mol. The van der Waals surface area contributed by atoms with Gasteiger partial charge in [0.05, 0.1) is 19.9 Å². The maximum Gasteiger partial charge on any atom is 0.326 e. The minimum atomic E-state index is -0.891. The highest BCUT2D eigenvalue weighted by Gasteiger charge is 2.20. The molecule has 0 bridgehead atoms. The fourth-order valence-corrected chi connectivity index (χ4v) is 1.45. The van der Waals surface area contributed by atoms with E-state index >= 15 is 0 Å². The molecular weight excluding hydrogens is 222 g/mol. The number of anilines is 1. The van der Waals surface area contributed by atoms with Crippen LogP contribution in [0.25, 0.3) is 0 Å². The van der Waals surface area contributed by atoms with Crippen LogP contribution in [0.2, 0.25) is 0 Å². The standard InChI is InChI=1S/C12H17NO4/c1-8(12(14)15)13(2)10-7-9(16-3)5-6-11(10)17-4/h5-8H,1-4H3,(H,14,15)/t8-/m0/s1. The van der Waals surface area contributed by atoms with Crippen LogP contribution in [0.4, 0.5) is 5.69 Å². The molecule has 94 valence electrons. The molecule has 5 heteroatoms. The van der Waals surface area contributed by atoms with Crippen molar-refractivity contribution in [3.63, 3.8) is 0 Å². The molecule has 1 aromatic rings. The highest BCUT2D eigenvalue weighted by Crippen LogP contribution is 2.32. The van der Waals surface area contributed by atoms with Crippen LogP contribution in [0.1, 0.15) is 6.92 Å². The highest BCUT2D eigenvalue weighted by atomic mass is 16.5. The zero-order valence-corrected chi connectivity index (χ0v) is 10.4. The molecule has 0 heterocycles. The number of methoxy groups -OCH3 is 2. The van der Waals surface area contributed by atoms with Crippen LogP contribution >= 0.6 is 0 Å². The van der Waals surface area contributed by atoms with Gasteiger partial charge in [-0.05, 0) is 19.1 Å². The largest absolute Gasteiger partial charge is 0.497 e. The molecule has 0 aliphatic rings. The predicted octanol–water partition coefficient (Wildman–Crippen LogP) is 1.61. The summed E-state index contributed by atoms with van der Waals surface area (Å²) in [6, 6.07) is 4.62. The van der Waals surface area contributed by atoms with Crippen molar-refractivity contribution in [3.8, 4) is 11.5 Å². The third kappa shape index (κ3) is 2.81. The molecule has 0 spiro atoms. The van der Waals surface area contributed by atoms with Crippen LogP contribution < -0.4 is 14.4 Å². The third-order valence-corrected chi connectivity index (χ3v) is 2.70. The maximum absolute atomic E-state index is 11.0. The van der Waals surface area contributed by atoms with Gasteiger partial charge in [0.1, 0.15) is 17.5 Å². The van der Waals surface area contributed by atoms with Gasteiger partial charge in [-0.2, -0.15) is 0 Å². The Hall–Kier alpha value is -1.91. The zero-order chi connectivity index (χ0) is 13.0. The summed E-state index contributed by atoms with van der Waals surface area (Å²) < 4.78 is 10.3. The van der Waals surface area contributed by atoms with Crippen LogP contribution in [0.5, 0.6) is 11.5 Å². The maximum atomic E-state index is 11.0. The number of carboxylic acids is 1. The first-order valence-electron chi connectivity index (χ1n) is 5.19. The number of likely N-dealkylation sites (N-methyl/N-ethyl adjacent to an activating group) is 1. The SMILES string of the molecule is COc1ccc(OC)c(N(C)[C@@H](C)C(=O)O)c1. The lowest BCUT2D eigenvalue weighted by Gasteiger charge is -2.25. The smallest absolute Gasteiger partial charge is 0.326 e. The number of benzene rings is 1. The van der Waals surface area contributed by atoms with E-state index in [4.69, 9.17) is 14.6 Å². The van der Waals surface area contributed by atoms with Crippen molar-refractivity contribution in [2.75, 3.05) is 26.2 Å². The minimum Gasteiger partial charge on any atom is -0.497 e. The molecule has 0 saturated heterocycles. The van der Waals surface area contributed by atoms with E-state index in [0.717, 1.165) is 0 Å². The van der Waals surface area contributed by atoms with Crippen molar-refractivity contribution in [3.05, 3.63) is 18.2 Å². The van der Waals surface area contributed by atoms with Crippen LogP contribution in [0, 0.1) is 0 Å². The first-order valence-corrected chi connectivity index (χ1v) is 5.19. The average molecular weight is 239 g/mol. The fourth-order valence-electron chi connectivity index (χ4n) is 1.45. The van der Waals surface area contributed by atoms with Crippen LogP contribution in [-0.4, -0.2) is 38.4 Å². The molecule has 1 aromatic carbocycles. The van der Waals surface area contributed by atoms with Crippen molar-refractivity contribution in [2.45, 2.75) is 13.0 Å². The van der Waals surface area contributed by atoms with E-state index in [-0.39, 0.29) is 0 Å². The van der Waals surface area contributed by atoms with Crippen molar-refractivity contribution in [1.29, 1.82) is 0 Å². The van der Waals surface area contributed by atoms with Gasteiger partial charge in [0.15, 0.2) is 0 Å². The molecule has 5 nitrogen and oxygen atoms in total. The molecule has 0 unspecified atom stereocenters. The van der Waals surface area contributed by atoms with Crippen molar-refractivity contribution in [1.82, 2.24) is 0 Å². The number of carbonyl (C=O) groups is 1. The van der Waals surface area contributed by atoms with Crippen LogP contribution in [0.15, 0.2) is 18.2 Å². The number of ether oxygens (including phenoxy) is 2. The van der Waals surface area contributed by atoms with E-state index in [2.05, 4.69) is 0 Å². The molecule has 1 atom stereocenters. The van der Waals surface area contributed by atoms with Gasteiger partial charge in [-0.25, -0.2) is 4.79 Å². The predicted molar refractivity (Wildman–Crippen MR) is 65.0 cm³/mol. The van der Waals surface area contributed by atoms with Gasteiger partial charge in [-0.3, -0.25) is 0 Å². The van der Waals surface area contributed by atoms with E-state index in [1.165, 1.54) is 0 Å². The normalized spacial score (nSPS) is 11.8. The van der Waals surface area contributed by atoms with Gasteiger partial charge < -0.3 is 19.5 Å². The molecule has 0 aliphatic heterocycles. The Bertz CT molecular complexity index is 405. The first-order chi connectivity index (χ1) is 8.01. The van der Waals surface area contributed by atoms with Crippen molar-refractivity contribution in [2.24, 2.45) is 0 Å². The number of hydrogen-bond acceptors (Lipinski definition) is 4. The summed E-state index contributed by atoms with van der Waals surface area (Å²) in [6.45, 7) is 1.61. The Morgan fingerprint density at radius 2 is 2.00 bits per heavy atom. The zero-order valence-electron chi connectivity index (χ0n) is 10.4. The summed E-state index contributed by atoms with van der Waals surface area (Å²) in [5.74, 6) is 0.379. The van der Waals surface area contributed by atoms with E-state index in [9.17, 15) is 4.79 Å². The summed E-state index contributed by atoms with van der Waals surface area (Å²) in [7, 11) is 4.81. The molecular formula is C12H17NO4. The quantitative estimate of drug-likeness (QED) is 0.846. The number of hydrogen-bond donors (Lipinski definition) is 1. The third-order valence-electron chi connectivity index (χ3n) is 2.70. The summed E-state index contributed by atoms with van der Waals surface area (Å²) in [6.07, 6.45) is 0. The second kappa shape index (κ2) is 5.43. The van der Waals surface area contributed by atoms with E-state index in [0.29, 0.717) is 17.2 Å². The van der Waals surface area contributed by atoms with E-state index in [1.54, 1.807) is 51.3 Å². The van der Waals surface area contributed by atoms with Gasteiger partial charge >= 0.3 is 5.97 Å². The molecule has 0 saturated carbocycles. The lowest BCUT2D eigenvalue weighted by atomic mass is 10.2. The number of rotatable bonds is 5. The lowest BCUT2D eigenvalue weighted by molar-refractivity contribution is -0.138. The van der Waals surface area contributed by atoms with Gasteiger partial charge in [0.2, 0.25) is 0 Å². The topological polar surface area (TPSA) is 59.0 Å². The van der Waals surface area contributed by atoms with E-state index in [1.807, 2.05) is 0 Å². The summed E-state index contributed by atoms with van der Waals surface area (Å²) in [4.78, 5) is 12.6. The van der Waals surface area contributed by atoms with E-state index < -0.39 is 12.0 Å². The number of nitrogens with zero attached hydrogens (tertiary/aromatic N) is 1. The Morgan fingerprint density at radius 3 is 2.47 bits per heavy atom. The Kier molecular flexibility index (Phi) is 4.20. The van der Waals surface area contributed by atoms with Crippen molar-refractivity contribution >= 4 is 11.7 Å². The molecule has 0 aliphatic carbocycles. The number of carboxylic acid groups (broad SMARTS) is 1. The van der Waals surface area contributed by atoms with Gasteiger partial charge in [0, 0.05) is 13.1 Å². The Labute approximate surface area is 101 Å². The Balaban J connectivity index is 3.13. The lowest BCUT2D eigenvalue weighted by Crippen LogP contribution is -2.35. The summed E-state index contributed by atoms with van der Waals surface area (Å²) in [5.41, 5.74) is 0.682. The first kappa shape index (κ1) is 13.2. The highest BCUT2D eigenvalue weighted by molar-refractivity contribution is 5.79. The van der Waals surface area contributed by atoms with Crippen LogP contribution in [0.3, 0.4) is 0 Å². The minimum absolute atomic E-state index is 0.612. The molecule has 0 amide bonds. The summed E-state index contributed by atoms with van der Waals surface area (Å²) >= 11 is 0. The molecule has 0 aromatic heterocycles. The van der Waals surface area contributed by atoms with Gasteiger partial charge in [-0.15, -0.1) is 0 Å². The Morgan fingerprint density at radius 1 is 1.35 bits per heavy atom. The van der Waals surface area contributed by atoms with Gasteiger partial charge in [0.25, 0.3) is 0 Å². The molecule has 1 rings (SSSR count).